The predicted octanol–water partition coefficient (Wildman–Crippen LogP) is 5.00. The minimum atomic E-state index is 0.0847. The summed E-state index contributed by atoms with van der Waals surface area (Å²) in [4.78, 5) is 56.9. The SMILES string of the molecule is COc1nc2c(cc1Nc1ncnc3sc4c(c13)CCN(C(=O)N1CCOCC1)C4)C=NC2.COc1nc2c(cc1Nc1ncnc3sc4c(c13)CCNC4)C=NC2. The molecule has 1 fully saturated rings. The van der Waals surface area contributed by atoms with Gasteiger partial charge in [0.1, 0.15) is 45.3 Å². The first kappa shape index (κ1) is 36.5. The van der Waals surface area contributed by atoms with Crippen molar-refractivity contribution in [3.8, 4) is 11.8 Å². The number of nitrogens with one attached hydrogen (secondary N) is 3. The van der Waals surface area contributed by atoms with Gasteiger partial charge in [-0.2, -0.15) is 0 Å². The second-order valence-electron chi connectivity index (χ2n) is 14.1. The maximum absolute atomic E-state index is 13.0. The molecule has 0 bridgehead atoms. The Hall–Kier alpha value is -5.89. The number of nitrogens with zero attached hydrogens (tertiary/aromatic N) is 10. The van der Waals surface area contributed by atoms with Crippen LogP contribution in [0.15, 0.2) is 34.8 Å². The summed E-state index contributed by atoms with van der Waals surface area (Å²) < 4.78 is 16.4. The van der Waals surface area contributed by atoms with Gasteiger partial charge in [0.25, 0.3) is 0 Å². The fraction of sp³-hybridized carbons (Fsp3) is 0.359. The van der Waals surface area contributed by atoms with Crippen molar-refractivity contribution in [3.63, 3.8) is 0 Å². The molecule has 6 aromatic rings. The number of aromatic nitrogens is 6. The Morgan fingerprint density at radius 3 is 1.95 bits per heavy atom. The molecule has 5 aliphatic heterocycles. The third-order valence-electron chi connectivity index (χ3n) is 10.7. The number of hydrogen-bond donors (Lipinski definition) is 3. The zero-order valence-electron chi connectivity index (χ0n) is 31.9. The van der Waals surface area contributed by atoms with Crippen molar-refractivity contribution < 1.29 is 19.0 Å². The van der Waals surface area contributed by atoms with Gasteiger partial charge in [0, 0.05) is 59.5 Å². The zero-order chi connectivity index (χ0) is 39.2. The molecule has 17 nitrogen and oxygen atoms in total. The van der Waals surface area contributed by atoms with Crippen LogP contribution in [0.1, 0.15) is 43.4 Å². The molecule has 0 unspecified atom stereocenters. The van der Waals surface area contributed by atoms with Crippen molar-refractivity contribution in [1.82, 2.24) is 45.0 Å². The van der Waals surface area contributed by atoms with Crippen LogP contribution in [0.2, 0.25) is 0 Å². The third kappa shape index (κ3) is 6.72. The molecule has 1 saturated heterocycles. The van der Waals surface area contributed by atoms with E-state index in [4.69, 9.17) is 14.2 Å². The van der Waals surface area contributed by atoms with Crippen LogP contribution >= 0.6 is 22.7 Å². The summed E-state index contributed by atoms with van der Waals surface area (Å²) in [6.07, 6.45) is 8.60. The Bertz CT molecular complexity index is 2640. The highest BCUT2D eigenvalue weighted by Crippen LogP contribution is 2.41. The number of pyridine rings is 2. The number of fused-ring (bicyclic) bond motifs is 8. The van der Waals surface area contributed by atoms with Gasteiger partial charge in [-0.25, -0.2) is 34.7 Å². The summed E-state index contributed by atoms with van der Waals surface area (Å²) >= 11 is 3.36. The van der Waals surface area contributed by atoms with E-state index in [1.807, 2.05) is 34.4 Å². The minimum absolute atomic E-state index is 0.0847. The highest BCUT2D eigenvalue weighted by molar-refractivity contribution is 7.19. The molecule has 58 heavy (non-hydrogen) atoms. The van der Waals surface area contributed by atoms with Gasteiger partial charge in [-0.3, -0.25) is 9.98 Å². The molecule has 0 atom stereocenters. The van der Waals surface area contributed by atoms with Crippen molar-refractivity contribution in [1.29, 1.82) is 0 Å². The zero-order valence-corrected chi connectivity index (χ0v) is 33.5. The van der Waals surface area contributed by atoms with Gasteiger partial charge >= 0.3 is 6.03 Å². The highest BCUT2D eigenvalue weighted by Gasteiger charge is 2.30. The molecule has 0 spiro atoms. The standard InChI is InChI=1S/C22H23N7O3S.C17H16N6OS/c1-31-20-15(8-13-9-23-10-16(13)27-20)26-19-18-14-2-3-29(22(30)28-4-6-32-7-5-28)11-17(14)33-21(18)25-12-24-19;1-24-16-11(4-9-5-19-6-12(9)23-16)22-15-14-10-2-3-18-7-13(10)25-17(14)21-8-20-15/h8-9,12H,2-7,10-11H2,1H3,(H,24,25,26);4-5,8,18H,2-3,6-7H2,1H3,(H,20,21,22). The van der Waals surface area contributed by atoms with Crippen molar-refractivity contribution in [2.24, 2.45) is 9.98 Å². The molecule has 5 aliphatic rings. The summed E-state index contributed by atoms with van der Waals surface area (Å²) in [5.74, 6) is 2.60. The molecule has 0 radical (unpaired) electrons. The molecule has 11 heterocycles. The maximum atomic E-state index is 13.0. The number of ether oxygens (including phenoxy) is 3. The van der Waals surface area contributed by atoms with Crippen molar-refractivity contribution in [2.45, 2.75) is 39.0 Å². The average Bonchev–Trinajstić information content (AvgIpc) is 4.08. The Balaban J connectivity index is 0.000000146. The smallest absolute Gasteiger partial charge is 0.320 e. The normalized spacial score (nSPS) is 16.4. The average molecular weight is 818 g/mol. The van der Waals surface area contributed by atoms with Crippen LogP contribution in [-0.2, 0) is 43.8 Å². The summed E-state index contributed by atoms with van der Waals surface area (Å²) in [5.41, 5.74) is 7.93. The first-order valence-corrected chi connectivity index (χ1v) is 20.7. The van der Waals surface area contributed by atoms with Gasteiger partial charge in [-0.15, -0.1) is 22.7 Å². The number of rotatable bonds is 6. The van der Waals surface area contributed by atoms with E-state index in [-0.39, 0.29) is 6.03 Å². The second kappa shape index (κ2) is 15.5. The first-order chi connectivity index (χ1) is 28.5. The van der Waals surface area contributed by atoms with Gasteiger partial charge in [0.15, 0.2) is 0 Å². The lowest BCUT2D eigenvalue weighted by Gasteiger charge is -2.34. The van der Waals surface area contributed by atoms with E-state index >= 15 is 0 Å². The second-order valence-corrected chi connectivity index (χ2v) is 16.3. The van der Waals surface area contributed by atoms with Gasteiger partial charge in [-0.05, 0) is 42.6 Å². The van der Waals surface area contributed by atoms with Gasteiger partial charge in [-0.1, -0.05) is 0 Å². The van der Waals surface area contributed by atoms with E-state index < -0.39 is 0 Å². The van der Waals surface area contributed by atoms with E-state index in [1.54, 1.807) is 49.5 Å². The summed E-state index contributed by atoms with van der Waals surface area (Å²) in [6.45, 7) is 6.82. The van der Waals surface area contributed by atoms with E-state index in [0.717, 1.165) is 96.8 Å². The molecule has 0 saturated carbocycles. The molecule has 11 rings (SSSR count). The van der Waals surface area contributed by atoms with Crippen LogP contribution in [0.25, 0.3) is 20.4 Å². The Morgan fingerprint density at radius 2 is 1.34 bits per heavy atom. The van der Waals surface area contributed by atoms with Crippen LogP contribution in [0.4, 0.5) is 27.8 Å². The number of morpholine rings is 1. The molecule has 3 N–H and O–H groups in total. The number of amides is 2. The predicted molar refractivity (Wildman–Crippen MR) is 223 cm³/mol. The van der Waals surface area contributed by atoms with Crippen molar-refractivity contribution >= 4 is 84.6 Å². The fourth-order valence-electron chi connectivity index (χ4n) is 7.87. The number of carbonyl (C=O) groups excluding carboxylic acids is 1. The van der Waals surface area contributed by atoms with Crippen LogP contribution < -0.4 is 25.4 Å². The van der Waals surface area contributed by atoms with Gasteiger partial charge < -0.3 is 40.0 Å². The van der Waals surface area contributed by atoms with Crippen LogP contribution in [0.5, 0.6) is 11.8 Å². The number of methoxy groups -OCH3 is 2. The van der Waals surface area contributed by atoms with E-state index in [0.29, 0.717) is 64.2 Å². The third-order valence-corrected chi connectivity index (χ3v) is 13.0. The molecular weight excluding hydrogens is 779 g/mol. The minimum Gasteiger partial charge on any atom is -0.480 e. The lowest BCUT2D eigenvalue weighted by atomic mass is 10.0. The number of hydrogen-bond acceptors (Lipinski definition) is 17. The lowest BCUT2D eigenvalue weighted by Crippen LogP contribution is -2.49. The van der Waals surface area contributed by atoms with Crippen LogP contribution in [-0.4, -0.2) is 112 Å². The largest absolute Gasteiger partial charge is 0.480 e. The monoisotopic (exact) mass is 817 g/mol. The summed E-state index contributed by atoms with van der Waals surface area (Å²) in [7, 11) is 3.24. The fourth-order valence-corrected chi connectivity index (χ4v) is 10.2. The molecule has 19 heteroatoms. The van der Waals surface area contributed by atoms with Crippen LogP contribution in [0, 0.1) is 0 Å². The highest BCUT2D eigenvalue weighted by atomic mass is 32.1. The summed E-state index contributed by atoms with van der Waals surface area (Å²) in [6, 6.07) is 4.10. The topological polar surface area (TPSA) is 189 Å². The quantitative estimate of drug-likeness (QED) is 0.204. The Kier molecular flexibility index (Phi) is 9.72. The van der Waals surface area contributed by atoms with Gasteiger partial charge in [0.05, 0.1) is 69.2 Å². The van der Waals surface area contributed by atoms with Crippen molar-refractivity contribution in [3.05, 3.63) is 68.2 Å². The number of aliphatic imine (C=N–C) groups is 2. The van der Waals surface area contributed by atoms with Crippen LogP contribution in [0.3, 0.4) is 0 Å². The van der Waals surface area contributed by atoms with E-state index in [2.05, 4.69) is 55.8 Å². The molecule has 0 aromatic carbocycles. The lowest BCUT2D eigenvalue weighted by molar-refractivity contribution is 0.0423. The molecule has 6 aromatic heterocycles. The first-order valence-electron chi connectivity index (χ1n) is 19.1. The molecular formula is C39H39N13O4S2. The number of carbonyl (C=O) groups is 1. The van der Waals surface area contributed by atoms with Crippen molar-refractivity contribution in [2.75, 3.05) is 64.2 Å². The number of thiophene rings is 2. The molecule has 0 aliphatic carbocycles. The number of anilines is 4. The molecule has 296 valence electrons. The molecule has 2 amide bonds. The maximum Gasteiger partial charge on any atom is 0.320 e. The van der Waals surface area contributed by atoms with E-state index in [1.165, 1.54) is 16.0 Å². The summed E-state index contributed by atoms with van der Waals surface area (Å²) in [5, 5.41) is 12.4. The Morgan fingerprint density at radius 1 is 0.759 bits per heavy atom. The van der Waals surface area contributed by atoms with Gasteiger partial charge in [0.2, 0.25) is 11.8 Å². The number of urea groups is 1. The van der Waals surface area contributed by atoms with E-state index in [9.17, 15) is 4.79 Å². The Labute approximate surface area is 340 Å².